The highest BCUT2D eigenvalue weighted by Gasteiger charge is 2.32. The van der Waals surface area contributed by atoms with Crippen LogP contribution >= 0.6 is 0 Å². The Morgan fingerprint density at radius 3 is 2.79 bits per heavy atom. The SMILES string of the molecule is Cc1cc2c(NC3CC3C)ccc([N+](=O)[O-])c2cn1. The van der Waals surface area contributed by atoms with Gasteiger partial charge in [0.05, 0.1) is 10.3 Å². The van der Waals surface area contributed by atoms with Crippen molar-refractivity contribution in [1.29, 1.82) is 0 Å². The van der Waals surface area contributed by atoms with Crippen molar-refractivity contribution in [2.24, 2.45) is 5.92 Å². The number of rotatable bonds is 3. The van der Waals surface area contributed by atoms with Gasteiger partial charge in [-0.05, 0) is 31.4 Å². The molecular formula is C14H15N3O2. The second kappa shape index (κ2) is 4.19. The monoisotopic (exact) mass is 257 g/mol. The number of aromatic nitrogens is 1. The molecule has 19 heavy (non-hydrogen) atoms. The highest BCUT2D eigenvalue weighted by Crippen LogP contribution is 2.37. The average Bonchev–Trinajstić information content (AvgIpc) is 3.05. The van der Waals surface area contributed by atoms with Gasteiger partial charge in [0.25, 0.3) is 5.69 Å². The van der Waals surface area contributed by atoms with Gasteiger partial charge in [0.2, 0.25) is 0 Å². The quantitative estimate of drug-likeness (QED) is 0.676. The highest BCUT2D eigenvalue weighted by molar-refractivity contribution is 5.99. The van der Waals surface area contributed by atoms with E-state index in [1.165, 1.54) is 0 Å². The Morgan fingerprint density at radius 2 is 2.16 bits per heavy atom. The lowest BCUT2D eigenvalue weighted by Crippen LogP contribution is -2.04. The van der Waals surface area contributed by atoms with Crippen molar-refractivity contribution in [2.45, 2.75) is 26.3 Å². The van der Waals surface area contributed by atoms with Crippen LogP contribution in [0.2, 0.25) is 0 Å². The van der Waals surface area contributed by atoms with E-state index in [-0.39, 0.29) is 10.6 Å². The Balaban J connectivity index is 2.14. The van der Waals surface area contributed by atoms with Gasteiger partial charge < -0.3 is 5.32 Å². The minimum atomic E-state index is -0.358. The third-order valence-corrected chi connectivity index (χ3v) is 3.66. The van der Waals surface area contributed by atoms with Gasteiger partial charge in [-0.1, -0.05) is 6.92 Å². The third kappa shape index (κ3) is 2.12. The number of hydrogen-bond acceptors (Lipinski definition) is 4. The zero-order valence-electron chi connectivity index (χ0n) is 10.9. The van der Waals surface area contributed by atoms with Crippen molar-refractivity contribution >= 4 is 22.1 Å². The van der Waals surface area contributed by atoms with Gasteiger partial charge in [-0.2, -0.15) is 0 Å². The molecule has 0 radical (unpaired) electrons. The summed E-state index contributed by atoms with van der Waals surface area (Å²) in [7, 11) is 0. The van der Waals surface area contributed by atoms with E-state index in [2.05, 4.69) is 17.2 Å². The molecule has 1 aliphatic carbocycles. The lowest BCUT2D eigenvalue weighted by Gasteiger charge is -2.10. The molecule has 0 bridgehead atoms. The van der Waals surface area contributed by atoms with Crippen LogP contribution in [0.5, 0.6) is 0 Å². The van der Waals surface area contributed by atoms with Gasteiger partial charge in [-0.25, -0.2) is 0 Å². The van der Waals surface area contributed by atoms with E-state index < -0.39 is 0 Å². The van der Waals surface area contributed by atoms with Crippen LogP contribution in [-0.4, -0.2) is 15.9 Å². The van der Waals surface area contributed by atoms with E-state index in [9.17, 15) is 10.1 Å². The molecule has 0 saturated heterocycles. The zero-order valence-corrected chi connectivity index (χ0v) is 10.9. The molecule has 3 rings (SSSR count). The molecule has 1 aliphatic rings. The van der Waals surface area contributed by atoms with E-state index in [1.54, 1.807) is 18.3 Å². The molecule has 0 amide bonds. The first-order chi connectivity index (χ1) is 9.06. The van der Waals surface area contributed by atoms with Gasteiger partial charge in [0, 0.05) is 35.1 Å². The van der Waals surface area contributed by atoms with Gasteiger partial charge in [0.1, 0.15) is 0 Å². The number of pyridine rings is 1. The topological polar surface area (TPSA) is 68.1 Å². The minimum Gasteiger partial charge on any atom is -0.382 e. The first kappa shape index (κ1) is 11.9. The molecule has 2 aromatic rings. The Bertz CT molecular complexity index is 669. The summed E-state index contributed by atoms with van der Waals surface area (Å²) in [6.07, 6.45) is 2.74. The number of hydrogen-bond donors (Lipinski definition) is 1. The molecule has 5 heteroatoms. The predicted molar refractivity (Wildman–Crippen MR) is 74.3 cm³/mol. The lowest BCUT2D eigenvalue weighted by molar-refractivity contribution is -0.383. The van der Waals surface area contributed by atoms with Crippen LogP contribution in [0.4, 0.5) is 11.4 Å². The number of anilines is 1. The van der Waals surface area contributed by atoms with Crippen molar-refractivity contribution in [3.8, 4) is 0 Å². The summed E-state index contributed by atoms with van der Waals surface area (Å²) in [4.78, 5) is 14.9. The first-order valence-electron chi connectivity index (χ1n) is 6.36. The molecule has 2 atom stereocenters. The van der Waals surface area contributed by atoms with E-state index in [4.69, 9.17) is 0 Å². The second-order valence-corrected chi connectivity index (χ2v) is 5.22. The van der Waals surface area contributed by atoms with Crippen LogP contribution in [0.15, 0.2) is 24.4 Å². The summed E-state index contributed by atoms with van der Waals surface area (Å²) in [5, 5.41) is 16.0. The summed E-state index contributed by atoms with van der Waals surface area (Å²) in [5.74, 6) is 0.674. The van der Waals surface area contributed by atoms with Crippen molar-refractivity contribution in [3.63, 3.8) is 0 Å². The highest BCUT2D eigenvalue weighted by atomic mass is 16.6. The Labute approximate surface area is 110 Å². The molecule has 2 unspecified atom stereocenters. The van der Waals surface area contributed by atoms with Gasteiger partial charge in [-0.3, -0.25) is 15.1 Å². The molecule has 1 aromatic carbocycles. The van der Waals surface area contributed by atoms with Crippen molar-refractivity contribution in [1.82, 2.24) is 4.98 Å². The van der Waals surface area contributed by atoms with Crippen LogP contribution in [-0.2, 0) is 0 Å². The maximum atomic E-state index is 11.1. The minimum absolute atomic E-state index is 0.108. The number of nitro benzene ring substituents is 1. The molecule has 0 aliphatic heterocycles. The van der Waals surface area contributed by atoms with Gasteiger partial charge in [-0.15, -0.1) is 0 Å². The molecule has 1 N–H and O–H groups in total. The van der Waals surface area contributed by atoms with Gasteiger partial charge >= 0.3 is 0 Å². The maximum Gasteiger partial charge on any atom is 0.278 e. The summed E-state index contributed by atoms with van der Waals surface area (Å²) < 4.78 is 0. The molecule has 1 aromatic heterocycles. The summed E-state index contributed by atoms with van der Waals surface area (Å²) in [6, 6.07) is 5.73. The Hall–Kier alpha value is -2.17. The van der Waals surface area contributed by atoms with E-state index in [1.807, 2.05) is 13.0 Å². The molecule has 5 nitrogen and oxygen atoms in total. The summed E-state index contributed by atoms with van der Waals surface area (Å²) in [5.41, 5.74) is 1.93. The number of benzene rings is 1. The zero-order chi connectivity index (χ0) is 13.6. The fourth-order valence-electron chi connectivity index (χ4n) is 2.34. The van der Waals surface area contributed by atoms with E-state index in [0.717, 1.165) is 23.2 Å². The largest absolute Gasteiger partial charge is 0.382 e. The standard InChI is InChI=1S/C14H15N3O2/c1-8-5-13(8)16-12-3-4-14(17(18)19)11-7-15-9(2)6-10(11)12/h3-4,6-8,13,16H,5H2,1-2H3. The molecule has 1 saturated carbocycles. The number of nitro groups is 1. The third-order valence-electron chi connectivity index (χ3n) is 3.66. The summed E-state index contributed by atoms with van der Waals surface area (Å²) in [6.45, 7) is 4.08. The van der Waals surface area contributed by atoms with Gasteiger partial charge in [0.15, 0.2) is 0 Å². The fraction of sp³-hybridized carbons (Fsp3) is 0.357. The summed E-state index contributed by atoms with van der Waals surface area (Å²) >= 11 is 0. The van der Waals surface area contributed by atoms with Crippen LogP contribution in [0.25, 0.3) is 10.8 Å². The fourth-order valence-corrected chi connectivity index (χ4v) is 2.34. The Kier molecular flexibility index (Phi) is 2.62. The molecule has 1 heterocycles. The Morgan fingerprint density at radius 1 is 1.42 bits per heavy atom. The molecule has 0 spiro atoms. The molecule has 1 fully saturated rings. The van der Waals surface area contributed by atoms with Crippen LogP contribution in [0, 0.1) is 23.0 Å². The van der Waals surface area contributed by atoms with E-state index >= 15 is 0 Å². The first-order valence-corrected chi connectivity index (χ1v) is 6.36. The average molecular weight is 257 g/mol. The number of nitrogens with zero attached hydrogens (tertiary/aromatic N) is 2. The number of nitrogens with one attached hydrogen (secondary N) is 1. The molecular weight excluding hydrogens is 242 g/mol. The maximum absolute atomic E-state index is 11.1. The van der Waals surface area contributed by atoms with Crippen molar-refractivity contribution < 1.29 is 4.92 Å². The molecule has 98 valence electrons. The number of non-ortho nitro benzene ring substituents is 1. The van der Waals surface area contributed by atoms with Crippen molar-refractivity contribution in [3.05, 3.63) is 40.2 Å². The predicted octanol–water partition coefficient (Wildman–Crippen LogP) is 3.27. The second-order valence-electron chi connectivity index (χ2n) is 5.22. The van der Waals surface area contributed by atoms with E-state index in [0.29, 0.717) is 17.3 Å². The normalized spacial score (nSPS) is 21.4. The number of fused-ring (bicyclic) bond motifs is 1. The smallest absolute Gasteiger partial charge is 0.278 e. The van der Waals surface area contributed by atoms with Crippen molar-refractivity contribution in [2.75, 3.05) is 5.32 Å². The van der Waals surface area contributed by atoms with Crippen LogP contribution in [0.3, 0.4) is 0 Å². The van der Waals surface area contributed by atoms with Crippen LogP contribution in [0.1, 0.15) is 19.0 Å². The number of aryl methyl sites for hydroxylation is 1. The van der Waals surface area contributed by atoms with Crippen LogP contribution < -0.4 is 5.32 Å². The lowest BCUT2D eigenvalue weighted by atomic mass is 10.1.